The van der Waals surface area contributed by atoms with Crippen LogP contribution in [0, 0.1) is 0 Å². The fourth-order valence-electron chi connectivity index (χ4n) is 1.86. The monoisotopic (exact) mass is 234 g/mol. The lowest BCUT2D eigenvalue weighted by Gasteiger charge is -2.17. The molecule has 4 nitrogen and oxygen atoms in total. The number of nitrogens with zero attached hydrogens (tertiary/aromatic N) is 1. The van der Waals surface area contributed by atoms with Gasteiger partial charge in [0.2, 0.25) is 0 Å². The van der Waals surface area contributed by atoms with Crippen molar-refractivity contribution in [2.75, 3.05) is 6.61 Å². The van der Waals surface area contributed by atoms with Gasteiger partial charge >= 0.3 is 0 Å². The fraction of sp³-hybridized carbons (Fsp3) is 0.538. The Balaban J connectivity index is 2.19. The first kappa shape index (κ1) is 12.0. The Hall–Kier alpha value is -1.42. The van der Waals surface area contributed by atoms with Crippen LogP contribution < -0.4 is 5.32 Å². The molecule has 0 saturated heterocycles. The van der Waals surface area contributed by atoms with E-state index in [0.29, 0.717) is 5.56 Å². The molecule has 0 unspecified atom stereocenters. The summed E-state index contributed by atoms with van der Waals surface area (Å²) >= 11 is 0. The van der Waals surface area contributed by atoms with Crippen molar-refractivity contribution in [1.82, 2.24) is 10.3 Å². The summed E-state index contributed by atoms with van der Waals surface area (Å²) in [6, 6.07) is 1.73. The van der Waals surface area contributed by atoms with Crippen LogP contribution in [0.5, 0.6) is 0 Å². The molecule has 1 saturated carbocycles. The minimum atomic E-state index is -0.366. The molecule has 0 radical (unpaired) electrons. The van der Waals surface area contributed by atoms with Crippen molar-refractivity contribution in [2.45, 2.75) is 38.1 Å². The van der Waals surface area contributed by atoms with Gasteiger partial charge in [-0.2, -0.15) is 0 Å². The molecule has 0 aromatic carbocycles. The van der Waals surface area contributed by atoms with E-state index in [1.54, 1.807) is 18.5 Å². The molecule has 0 bridgehead atoms. The number of pyridine rings is 1. The van der Waals surface area contributed by atoms with Crippen molar-refractivity contribution in [3.8, 4) is 0 Å². The molecule has 0 atom stereocenters. The van der Waals surface area contributed by atoms with Crippen LogP contribution in [0.4, 0.5) is 0 Å². The van der Waals surface area contributed by atoms with Gasteiger partial charge in [0.1, 0.15) is 0 Å². The van der Waals surface area contributed by atoms with E-state index in [2.05, 4.69) is 10.3 Å². The van der Waals surface area contributed by atoms with Crippen molar-refractivity contribution in [3.05, 3.63) is 29.6 Å². The number of carbonyl (C=O) groups excluding carboxylic acids is 1. The molecule has 1 aliphatic carbocycles. The van der Waals surface area contributed by atoms with Gasteiger partial charge in [0.05, 0.1) is 12.1 Å². The van der Waals surface area contributed by atoms with Crippen LogP contribution in [0.1, 0.15) is 48.5 Å². The fourth-order valence-corrected chi connectivity index (χ4v) is 1.86. The van der Waals surface area contributed by atoms with Crippen LogP contribution >= 0.6 is 0 Å². The van der Waals surface area contributed by atoms with E-state index < -0.39 is 0 Å². The Kier molecular flexibility index (Phi) is 3.15. The Labute approximate surface area is 101 Å². The molecule has 4 heteroatoms. The molecule has 1 heterocycles. The Morgan fingerprint density at radius 1 is 1.59 bits per heavy atom. The molecular formula is C13H18N2O2. The van der Waals surface area contributed by atoms with Crippen molar-refractivity contribution in [1.29, 1.82) is 0 Å². The lowest BCUT2D eigenvalue weighted by Crippen LogP contribution is -2.40. The maximum absolute atomic E-state index is 12.1. The number of rotatable bonds is 4. The highest BCUT2D eigenvalue weighted by atomic mass is 16.3. The van der Waals surface area contributed by atoms with Gasteiger partial charge in [0, 0.05) is 18.0 Å². The number of hydrogen-bond acceptors (Lipinski definition) is 3. The average Bonchev–Trinajstić information content (AvgIpc) is 3.09. The zero-order valence-electron chi connectivity index (χ0n) is 10.2. The van der Waals surface area contributed by atoms with Gasteiger partial charge in [-0.1, -0.05) is 13.8 Å². The largest absolute Gasteiger partial charge is 0.394 e. The summed E-state index contributed by atoms with van der Waals surface area (Å²) in [7, 11) is 0. The van der Waals surface area contributed by atoms with Crippen LogP contribution in [-0.4, -0.2) is 28.1 Å². The molecule has 1 fully saturated rings. The number of hydrogen-bond donors (Lipinski definition) is 2. The highest BCUT2D eigenvalue weighted by Crippen LogP contribution is 2.35. The van der Waals surface area contributed by atoms with E-state index >= 15 is 0 Å². The predicted molar refractivity (Wildman–Crippen MR) is 64.8 cm³/mol. The molecule has 1 aromatic heterocycles. The topological polar surface area (TPSA) is 62.2 Å². The summed E-state index contributed by atoms with van der Waals surface area (Å²) in [5.41, 5.74) is 1.24. The first-order valence-electron chi connectivity index (χ1n) is 5.95. The van der Waals surface area contributed by atoms with Gasteiger partial charge in [-0.3, -0.25) is 9.78 Å². The van der Waals surface area contributed by atoms with Crippen LogP contribution in [0.2, 0.25) is 0 Å². The normalized spacial score (nSPS) is 16.9. The number of aliphatic hydroxyl groups is 1. The third-order valence-corrected chi connectivity index (χ3v) is 3.25. The van der Waals surface area contributed by atoms with Crippen LogP contribution in [-0.2, 0) is 0 Å². The standard InChI is InChI=1S/C13H18N2O2/c1-9(2)11-7-14-6-3-10(11)12(17)15-13(8-16)4-5-13/h3,6-7,9,16H,4-5,8H2,1-2H3,(H,15,17). The van der Waals surface area contributed by atoms with Gasteiger partial charge in [-0.25, -0.2) is 0 Å². The quantitative estimate of drug-likeness (QED) is 0.829. The summed E-state index contributed by atoms with van der Waals surface area (Å²) < 4.78 is 0. The molecule has 0 spiro atoms. The summed E-state index contributed by atoms with van der Waals surface area (Å²) in [4.78, 5) is 16.2. The molecular weight excluding hydrogens is 216 g/mol. The Morgan fingerprint density at radius 2 is 2.29 bits per heavy atom. The minimum Gasteiger partial charge on any atom is -0.394 e. The number of nitrogens with one attached hydrogen (secondary N) is 1. The van der Waals surface area contributed by atoms with Gasteiger partial charge in [-0.05, 0) is 30.4 Å². The van der Waals surface area contributed by atoms with E-state index in [1.807, 2.05) is 13.8 Å². The summed E-state index contributed by atoms with van der Waals surface area (Å²) in [5.74, 6) is 0.149. The van der Waals surface area contributed by atoms with Crippen LogP contribution in [0.15, 0.2) is 18.5 Å². The number of carbonyl (C=O) groups is 1. The van der Waals surface area contributed by atoms with Gasteiger partial charge in [0.15, 0.2) is 0 Å². The van der Waals surface area contributed by atoms with Crippen molar-refractivity contribution >= 4 is 5.91 Å². The molecule has 1 amide bonds. The molecule has 2 N–H and O–H groups in total. The van der Waals surface area contributed by atoms with Crippen molar-refractivity contribution in [3.63, 3.8) is 0 Å². The molecule has 2 rings (SSSR count). The molecule has 92 valence electrons. The van der Waals surface area contributed by atoms with Gasteiger partial charge < -0.3 is 10.4 Å². The van der Waals surface area contributed by atoms with Crippen molar-refractivity contribution in [2.24, 2.45) is 0 Å². The number of aromatic nitrogens is 1. The van der Waals surface area contributed by atoms with E-state index in [-0.39, 0.29) is 24.0 Å². The third kappa shape index (κ3) is 2.47. The lowest BCUT2D eigenvalue weighted by molar-refractivity contribution is 0.0905. The summed E-state index contributed by atoms with van der Waals surface area (Å²) in [5, 5.41) is 12.1. The second-order valence-corrected chi connectivity index (χ2v) is 5.01. The van der Waals surface area contributed by atoms with Gasteiger partial charge in [-0.15, -0.1) is 0 Å². The molecule has 0 aliphatic heterocycles. The number of aliphatic hydroxyl groups excluding tert-OH is 1. The molecule has 1 aliphatic rings. The van der Waals surface area contributed by atoms with E-state index in [1.165, 1.54) is 0 Å². The van der Waals surface area contributed by atoms with E-state index in [0.717, 1.165) is 18.4 Å². The lowest BCUT2D eigenvalue weighted by atomic mass is 9.99. The van der Waals surface area contributed by atoms with Gasteiger partial charge in [0.25, 0.3) is 5.91 Å². The third-order valence-electron chi connectivity index (χ3n) is 3.25. The molecule has 1 aromatic rings. The van der Waals surface area contributed by atoms with E-state index in [9.17, 15) is 9.90 Å². The first-order chi connectivity index (χ1) is 8.08. The Bertz CT molecular complexity index is 425. The maximum Gasteiger partial charge on any atom is 0.252 e. The maximum atomic E-state index is 12.1. The zero-order chi connectivity index (χ0) is 12.5. The van der Waals surface area contributed by atoms with Crippen LogP contribution in [0.25, 0.3) is 0 Å². The highest BCUT2D eigenvalue weighted by Gasteiger charge is 2.43. The summed E-state index contributed by atoms with van der Waals surface area (Å²) in [6.07, 6.45) is 5.08. The predicted octanol–water partition coefficient (Wildman–Crippen LogP) is 1.46. The average molecular weight is 234 g/mol. The second-order valence-electron chi connectivity index (χ2n) is 5.01. The highest BCUT2D eigenvalue weighted by molar-refractivity contribution is 5.96. The van der Waals surface area contributed by atoms with Crippen LogP contribution in [0.3, 0.4) is 0 Å². The SMILES string of the molecule is CC(C)c1cnccc1C(=O)NC1(CO)CC1. The first-order valence-corrected chi connectivity index (χ1v) is 5.95. The number of amides is 1. The van der Waals surface area contributed by atoms with Crippen molar-refractivity contribution < 1.29 is 9.90 Å². The summed E-state index contributed by atoms with van der Waals surface area (Å²) in [6.45, 7) is 4.08. The molecule has 17 heavy (non-hydrogen) atoms. The van der Waals surface area contributed by atoms with E-state index in [4.69, 9.17) is 0 Å². The second kappa shape index (κ2) is 4.45. The minimum absolute atomic E-state index is 0.0147. The smallest absolute Gasteiger partial charge is 0.252 e. The zero-order valence-corrected chi connectivity index (χ0v) is 10.2. The Morgan fingerprint density at radius 3 is 2.82 bits per heavy atom.